The van der Waals surface area contributed by atoms with Crippen LogP contribution in [0, 0.1) is 13.8 Å². The van der Waals surface area contributed by atoms with Crippen molar-refractivity contribution in [1.82, 2.24) is 4.57 Å². The van der Waals surface area contributed by atoms with E-state index in [-0.39, 0.29) is 5.41 Å². The monoisotopic (exact) mass is 528 g/mol. The molecule has 2 heteroatoms. The first kappa shape index (κ1) is 24.0. The SMILES string of the molecule is Cc1cc(C)cc(N(c2ccc3ccccc3c2)c2ccc3c(c2)c2cccc4c2n3-c2ccccc2C4(C)C)c1. The fraction of sp³-hybridized carbons (Fsp3) is 0.128. The second-order valence-electron chi connectivity index (χ2n) is 12.1. The van der Waals surface area contributed by atoms with E-state index < -0.39 is 0 Å². The Bertz CT molecular complexity index is 2140. The highest BCUT2D eigenvalue weighted by molar-refractivity contribution is 6.13. The molecule has 1 aromatic heterocycles. The van der Waals surface area contributed by atoms with Crippen LogP contribution in [0.1, 0.15) is 36.1 Å². The van der Waals surface area contributed by atoms with Gasteiger partial charge in [0.1, 0.15) is 0 Å². The Morgan fingerprint density at radius 1 is 0.537 bits per heavy atom. The first-order valence-corrected chi connectivity index (χ1v) is 14.4. The number of aryl methyl sites for hydroxylation is 2. The van der Waals surface area contributed by atoms with Gasteiger partial charge in [-0.3, -0.25) is 0 Å². The molecule has 1 aliphatic rings. The van der Waals surface area contributed by atoms with E-state index in [0.29, 0.717) is 0 Å². The van der Waals surface area contributed by atoms with Crippen LogP contribution in [0.5, 0.6) is 0 Å². The summed E-state index contributed by atoms with van der Waals surface area (Å²) in [7, 11) is 0. The predicted molar refractivity (Wildman–Crippen MR) is 175 cm³/mol. The number of anilines is 3. The number of hydrogen-bond donors (Lipinski definition) is 0. The van der Waals surface area contributed by atoms with E-state index in [4.69, 9.17) is 0 Å². The number of hydrogen-bond acceptors (Lipinski definition) is 1. The summed E-state index contributed by atoms with van der Waals surface area (Å²) in [6.45, 7) is 9.08. The van der Waals surface area contributed by atoms with Crippen molar-refractivity contribution in [1.29, 1.82) is 0 Å². The third kappa shape index (κ3) is 3.50. The summed E-state index contributed by atoms with van der Waals surface area (Å²) in [6.07, 6.45) is 0. The summed E-state index contributed by atoms with van der Waals surface area (Å²) in [6, 6.07) is 45.0. The summed E-state index contributed by atoms with van der Waals surface area (Å²) < 4.78 is 2.49. The van der Waals surface area contributed by atoms with Gasteiger partial charge in [0.25, 0.3) is 0 Å². The molecule has 2 heterocycles. The topological polar surface area (TPSA) is 8.17 Å². The van der Waals surface area contributed by atoms with E-state index in [1.807, 2.05) is 0 Å². The zero-order chi connectivity index (χ0) is 27.9. The van der Waals surface area contributed by atoms with Crippen molar-refractivity contribution in [2.45, 2.75) is 33.1 Å². The van der Waals surface area contributed by atoms with Crippen LogP contribution in [0.2, 0.25) is 0 Å². The number of aromatic nitrogens is 1. The van der Waals surface area contributed by atoms with Crippen LogP contribution in [0.3, 0.4) is 0 Å². The quantitative estimate of drug-likeness (QED) is 0.221. The van der Waals surface area contributed by atoms with E-state index in [2.05, 4.69) is 158 Å². The van der Waals surface area contributed by atoms with Crippen LogP contribution in [0.25, 0.3) is 38.3 Å². The van der Waals surface area contributed by atoms with Gasteiger partial charge in [-0.15, -0.1) is 0 Å². The molecule has 198 valence electrons. The molecule has 0 unspecified atom stereocenters. The number of benzene rings is 6. The third-order valence-corrected chi connectivity index (χ3v) is 8.98. The molecule has 0 amide bonds. The van der Waals surface area contributed by atoms with Gasteiger partial charge in [-0.25, -0.2) is 0 Å². The Morgan fingerprint density at radius 2 is 1.22 bits per heavy atom. The Kier molecular flexibility index (Phi) is 5.03. The number of fused-ring (bicyclic) bond motifs is 6. The van der Waals surface area contributed by atoms with Crippen molar-refractivity contribution in [3.05, 3.63) is 144 Å². The summed E-state index contributed by atoms with van der Waals surface area (Å²) >= 11 is 0. The van der Waals surface area contributed by atoms with E-state index in [0.717, 1.165) is 11.4 Å². The van der Waals surface area contributed by atoms with Crippen molar-refractivity contribution in [3.8, 4) is 5.69 Å². The average molecular weight is 529 g/mol. The first-order valence-electron chi connectivity index (χ1n) is 14.4. The summed E-state index contributed by atoms with van der Waals surface area (Å²) in [5.41, 5.74) is 12.6. The van der Waals surface area contributed by atoms with Crippen molar-refractivity contribution >= 4 is 49.6 Å². The molecule has 0 saturated heterocycles. The Hall–Kier alpha value is -4.82. The van der Waals surface area contributed by atoms with E-state index in [9.17, 15) is 0 Å². The van der Waals surface area contributed by atoms with Gasteiger partial charge < -0.3 is 9.47 Å². The molecule has 0 fully saturated rings. The van der Waals surface area contributed by atoms with Crippen molar-refractivity contribution < 1.29 is 0 Å². The highest BCUT2D eigenvalue weighted by Crippen LogP contribution is 2.48. The molecule has 0 aliphatic carbocycles. The van der Waals surface area contributed by atoms with E-state index in [1.54, 1.807) is 0 Å². The van der Waals surface area contributed by atoms with Gasteiger partial charge in [0, 0.05) is 33.2 Å². The molecule has 0 radical (unpaired) electrons. The number of para-hydroxylation sites is 2. The average Bonchev–Trinajstić information content (AvgIpc) is 3.30. The molecule has 6 aromatic carbocycles. The first-order chi connectivity index (χ1) is 19.9. The Labute approximate surface area is 241 Å². The second kappa shape index (κ2) is 8.59. The lowest BCUT2D eigenvalue weighted by molar-refractivity contribution is 0.630. The molecule has 1 aliphatic heterocycles. The summed E-state index contributed by atoms with van der Waals surface area (Å²) in [5, 5.41) is 5.08. The second-order valence-corrected chi connectivity index (χ2v) is 12.1. The normalized spacial score (nSPS) is 13.6. The molecule has 2 nitrogen and oxygen atoms in total. The van der Waals surface area contributed by atoms with Crippen LogP contribution in [-0.4, -0.2) is 4.57 Å². The van der Waals surface area contributed by atoms with Gasteiger partial charge in [-0.05, 0) is 95.4 Å². The maximum Gasteiger partial charge on any atom is 0.0582 e. The fourth-order valence-corrected chi connectivity index (χ4v) is 7.14. The molecule has 0 saturated carbocycles. The highest BCUT2D eigenvalue weighted by Gasteiger charge is 2.34. The standard InChI is InChI=1S/C39H32N2/c1-25-20-26(2)22-31(21-25)40(29-17-16-27-10-5-6-11-28(27)23-29)30-18-19-36-33(24-30)32-12-9-14-35-38(32)41(36)37-15-8-7-13-34(37)39(35,3)4/h5-24H,1-4H3. The van der Waals surface area contributed by atoms with Crippen LogP contribution >= 0.6 is 0 Å². The summed E-state index contributed by atoms with van der Waals surface area (Å²) in [5.74, 6) is 0. The summed E-state index contributed by atoms with van der Waals surface area (Å²) in [4.78, 5) is 2.41. The van der Waals surface area contributed by atoms with Gasteiger partial charge in [-0.2, -0.15) is 0 Å². The molecule has 41 heavy (non-hydrogen) atoms. The predicted octanol–water partition coefficient (Wildman–Crippen LogP) is 10.7. The minimum Gasteiger partial charge on any atom is -0.310 e. The maximum atomic E-state index is 2.49. The number of rotatable bonds is 3. The Balaban J connectivity index is 1.42. The minimum atomic E-state index is -0.0699. The zero-order valence-corrected chi connectivity index (χ0v) is 23.9. The molecule has 8 rings (SSSR count). The zero-order valence-electron chi connectivity index (χ0n) is 23.9. The Morgan fingerprint density at radius 3 is 2.05 bits per heavy atom. The van der Waals surface area contributed by atoms with Crippen LogP contribution < -0.4 is 4.90 Å². The molecule has 7 aromatic rings. The molecule has 0 bridgehead atoms. The molecule has 0 spiro atoms. The lowest BCUT2D eigenvalue weighted by Gasteiger charge is -2.34. The lowest BCUT2D eigenvalue weighted by atomic mass is 9.75. The van der Waals surface area contributed by atoms with Crippen molar-refractivity contribution in [3.63, 3.8) is 0 Å². The van der Waals surface area contributed by atoms with Crippen LogP contribution in [-0.2, 0) is 5.41 Å². The smallest absolute Gasteiger partial charge is 0.0582 e. The van der Waals surface area contributed by atoms with Gasteiger partial charge in [0.05, 0.1) is 16.7 Å². The maximum absolute atomic E-state index is 2.49. The van der Waals surface area contributed by atoms with Crippen LogP contribution in [0.15, 0.2) is 121 Å². The van der Waals surface area contributed by atoms with Gasteiger partial charge in [0.15, 0.2) is 0 Å². The number of nitrogens with zero attached hydrogens (tertiary/aromatic N) is 2. The van der Waals surface area contributed by atoms with E-state index in [1.165, 1.54) is 66.2 Å². The highest BCUT2D eigenvalue weighted by atomic mass is 15.1. The van der Waals surface area contributed by atoms with Crippen LogP contribution in [0.4, 0.5) is 17.1 Å². The van der Waals surface area contributed by atoms with Crippen molar-refractivity contribution in [2.24, 2.45) is 0 Å². The molecule has 0 atom stereocenters. The van der Waals surface area contributed by atoms with E-state index >= 15 is 0 Å². The van der Waals surface area contributed by atoms with Gasteiger partial charge >= 0.3 is 0 Å². The third-order valence-electron chi connectivity index (χ3n) is 8.98. The lowest BCUT2D eigenvalue weighted by Crippen LogP contribution is -2.26. The minimum absolute atomic E-state index is 0.0699. The van der Waals surface area contributed by atoms with Gasteiger partial charge in [-0.1, -0.05) is 86.6 Å². The van der Waals surface area contributed by atoms with Crippen molar-refractivity contribution in [2.75, 3.05) is 4.90 Å². The molecular formula is C39H32N2. The fourth-order valence-electron chi connectivity index (χ4n) is 7.14. The molecular weight excluding hydrogens is 496 g/mol. The van der Waals surface area contributed by atoms with Gasteiger partial charge in [0.2, 0.25) is 0 Å². The largest absolute Gasteiger partial charge is 0.310 e. The molecule has 0 N–H and O–H groups in total.